The third-order valence-corrected chi connectivity index (χ3v) is 6.31. The molecule has 0 bridgehead atoms. The molecule has 1 saturated heterocycles. The molecule has 8 heteroatoms. The summed E-state index contributed by atoms with van der Waals surface area (Å²) in [7, 11) is -1.62. The number of nitrogens with one attached hydrogen (secondary N) is 2. The van der Waals surface area contributed by atoms with Crippen molar-refractivity contribution >= 4 is 16.0 Å². The molecule has 1 heterocycles. The fourth-order valence-electron chi connectivity index (χ4n) is 2.69. The molecule has 0 amide bonds. The first-order chi connectivity index (χ1) is 12.5. The molecule has 0 saturated carbocycles. The summed E-state index contributed by atoms with van der Waals surface area (Å²) in [6.07, 6.45) is 0.995. The molecule has 1 aliphatic heterocycles. The highest BCUT2D eigenvalue weighted by Gasteiger charge is 2.25. The molecule has 26 heavy (non-hydrogen) atoms. The standard InChI is InChI=1S/C18H30N4O3S/c1-4-15(2)21-18(19-3)20-13-16-7-5-6-8-17(16)14-26(23,24)22-9-11-25-12-10-22/h5-8,15H,4,9-14H2,1-3H3,(H2,19,20,21). The van der Waals surface area contributed by atoms with Crippen LogP contribution in [0.5, 0.6) is 0 Å². The van der Waals surface area contributed by atoms with Crippen LogP contribution in [-0.4, -0.2) is 58.1 Å². The normalized spacial score (nSPS) is 17.7. The van der Waals surface area contributed by atoms with Crippen LogP contribution in [0, 0.1) is 0 Å². The third kappa shape index (κ3) is 5.96. The molecular weight excluding hydrogens is 352 g/mol. The summed E-state index contributed by atoms with van der Waals surface area (Å²) in [6.45, 7) is 6.49. The number of guanidine groups is 1. The van der Waals surface area contributed by atoms with E-state index in [-0.39, 0.29) is 5.75 Å². The number of sulfonamides is 1. The number of hydrogen-bond acceptors (Lipinski definition) is 4. The molecule has 0 radical (unpaired) electrons. The number of ether oxygens (including phenoxy) is 1. The maximum absolute atomic E-state index is 12.7. The van der Waals surface area contributed by atoms with Gasteiger partial charge in [-0.1, -0.05) is 31.2 Å². The van der Waals surface area contributed by atoms with E-state index in [9.17, 15) is 8.42 Å². The number of nitrogens with zero attached hydrogens (tertiary/aromatic N) is 2. The molecule has 1 aliphatic rings. The first-order valence-electron chi connectivity index (χ1n) is 9.05. The van der Waals surface area contributed by atoms with E-state index >= 15 is 0 Å². The van der Waals surface area contributed by atoms with Crippen molar-refractivity contribution in [2.45, 2.75) is 38.6 Å². The summed E-state index contributed by atoms with van der Waals surface area (Å²) < 4.78 is 32.2. The number of morpholine rings is 1. The topological polar surface area (TPSA) is 83.0 Å². The van der Waals surface area contributed by atoms with Gasteiger partial charge >= 0.3 is 0 Å². The molecule has 7 nitrogen and oxygen atoms in total. The molecule has 1 unspecified atom stereocenters. The van der Waals surface area contributed by atoms with Crippen LogP contribution in [0.25, 0.3) is 0 Å². The van der Waals surface area contributed by atoms with Crippen LogP contribution < -0.4 is 10.6 Å². The van der Waals surface area contributed by atoms with Crippen LogP contribution in [0.4, 0.5) is 0 Å². The van der Waals surface area contributed by atoms with Gasteiger partial charge in [-0.2, -0.15) is 4.31 Å². The number of rotatable bonds is 7. The fraction of sp³-hybridized carbons (Fsp3) is 0.611. The van der Waals surface area contributed by atoms with E-state index in [1.807, 2.05) is 24.3 Å². The van der Waals surface area contributed by atoms with Gasteiger partial charge in [0.05, 0.1) is 19.0 Å². The third-order valence-electron chi connectivity index (χ3n) is 4.49. The van der Waals surface area contributed by atoms with Crippen molar-refractivity contribution in [3.8, 4) is 0 Å². The average Bonchev–Trinajstić information content (AvgIpc) is 2.66. The zero-order valence-electron chi connectivity index (χ0n) is 15.9. The Balaban J connectivity index is 2.05. The van der Waals surface area contributed by atoms with Gasteiger partial charge in [0.15, 0.2) is 5.96 Å². The fourth-order valence-corrected chi connectivity index (χ4v) is 4.25. The lowest BCUT2D eigenvalue weighted by molar-refractivity contribution is 0.0729. The lowest BCUT2D eigenvalue weighted by atomic mass is 10.1. The van der Waals surface area contributed by atoms with Crippen molar-refractivity contribution < 1.29 is 13.2 Å². The van der Waals surface area contributed by atoms with Gasteiger partial charge in [-0.05, 0) is 24.5 Å². The zero-order chi connectivity index (χ0) is 19.0. The molecule has 1 aromatic carbocycles. The Kier molecular flexibility index (Phi) is 7.86. The molecule has 0 aromatic heterocycles. The zero-order valence-corrected chi connectivity index (χ0v) is 16.7. The highest BCUT2D eigenvalue weighted by atomic mass is 32.2. The van der Waals surface area contributed by atoms with Crippen LogP contribution >= 0.6 is 0 Å². The lowest BCUT2D eigenvalue weighted by Crippen LogP contribution is -2.42. The summed E-state index contributed by atoms with van der Waals surface area (Å²) in [5, 5.41) is 6.57. The van der Waals surface area contributed by atoms with Crippen LogP contribution in [0.3, 0.4) is 0 Å². The number of benzene rings is 1. The quantitative estimate of drug-likeness (QED) is 0.549. The maximum Gasteiger partial charge on any atom is 0.218 e. The van der Waals surface area contributed by atoms with Crippen LogP contribution in [0.2, 0.25) is 0 Å². The lowest BCUT2D eigenvalue weighted by Gasteiger charge is -2.26. The second-order valence-electron chi connectivity index (χ2n) is 6.42. The van der Waals surface area contributed by atoms with Crippen molar-refractivity contribution in [3.05, 3.63) is 35.4 Å². The molecule has 1 fully saturated rings. The van der Waals surface area contributed by atoms with E-state index in [1.54, 1.807) is 7.05 Å². The molecule has 2 rings (SSSR count). The van der Waals surface area contributed by atoms with Crippen molar-refractivity contribution in [2.75, 3.05) is 33.4 Å². The second kappa shape index (κ2) is 9.89. The maximum atomic E-state index is 12.7. The van der Waals surface area contributed by atoms with Crippen LogP contribution in [-0.2, 0) is 27.1 Å². The van der Waals surface area contributed by atoms with Crippen LogP contribution in [0.1, 0.15) is 31.4 Å². The predicted molar refractivity (Wildman–Crippen MR) is 105 cm³/mol. The van der Waals surface area contributed by atoms with E-state index in [2.05, 4.69) is 29.5 Å². The summed E-state index contributed by atoms with van der Waals surface area (Å²) in [5.74, 6) is 0.715. The molecule has 0 aliphatic carbocycles. The van der Waals surface area contributed by atoms with Gasteiger partial charge in [-0.15, -0.1) is 0 Å². The Bertz CT molecular complexity index is 700. The first-order valence-corrected chi connectivity index (χ1v) is 10.7. The molecule has 2 N–H and O–H groups in total. The minimum Gasteiger partial charge on any atom is -0.379 e. The molecule has 146 valence electrons. The Hall–Kier alpha value is -1.64. The van der Waals surface area contributed by atoms with E-state index in [0.29, 0.717) is 44.8 Å². The highest BCUT2D eigenvalue weighted by Crippen LogP contribution is 2.16. The minimum absolute atomic E-state index is 0.00223. The minimum atomic E-state index is -3.35. The van der Waals surface area contributed by atoms with Gasteiger partial charge in [-0.25, -0.2) is 8.42 Å². The van der Waals surface area contributed by atoms with E-state index < -0.39 is 10.0 Å². The SMILES string of the molecule is CCC(C)NC(=NC)NCc1ccccc1CS(=O)(=O)N1CCOCC1. The monoisotopic (exact) mass is 382 g/mol. The van der Waals surface area contributed by atoms with E-state index in [0.717, 1.165) is 17.5 Å². The van der Waals surface area contributed by atoms with Gasteiger partial charge in [0.25, 0.3) is 0 Å². The number of hydrogen-bond donors (Lipinski definition) is 2. The van der Waals surface area contributed by atoms with Crippen molar-refractivity contribution in [1.29, 1.82) is 0 Å². The van der Waals surface area contributed by atoms with E-state index in [4.69, 9.17) is 4.74 Å². The Morgan fingerprint density at radius 3 is 2.54 bits per heavy atom. The Morgan fingerprint density at radius 2 is 1.92 bits per heavy atom. The largest absolute Gasteiger partial charge is 0.379 e. The summed E-state index contributed by atoms with van der Waals surface area (Å²) in [6, 6.07) is 7.94. The molecule has 1 atom stereocenters. The molecular formula is C18H30N4O3S. The second-order valence-corrected chi connectivity index (χ2v) is 8.38. The number of aliphatic imine (C=N–C) groups is 1. The van der Waals surface area contributed by atoms with Crippen molar-refractivity contribution in [1.82, 2.24) is 14.9 Å². The van der Waals surface area contributed by atoms with Gasteiger partial charge in [0.2, 0.25) is 10.0 Å². The Labute approximate surface area is 156 Å². The predicted octanol–water partition coefficient (Wildman–Crippen LogP) is 1.31. The van der Waals surface area contributed by atoms with Gasteiger partial charge in [0.1, 0.15) is 0 Å². The Morgan fingerprint density at radius 1 is 1.27 bits per heavy atom. The van der Waals surface area contributed by atoms with E-state index in [1.165, 1.54) is 4.31 Å². The van der Waals surface area contributed by atoms with Crippen molar-refractivity contribution in [2.24, 2.45) is 4.99 Å². The molecule has 0 spiro atoms. The first kappa shape index (κ1) is 20.7. The van der Waals surface area contributed by atoms with Gasteiger partial charge < -0.3 is 15.4 Å². The average molecular weight is 383 g/mol. The van der Waals surface area contributed by atoms with Gasteiger partial charge in [-0.3, -0.25) is 4.99 Å². The smallest absolute Gasteiger partial charge is 0.218 e. The van der Waals surface area contributed by atoms with Crippen molar-refractivity contribution in [3.63, 3.8) is 0 Å². The molecule has 1 aromatic rings. The summed E-state index contributed by atoms with van der Waals surface area (Å²) in [4.78, 5) is 4.22. The summed E-state index contributed by atoms with van der Waals surface area (Å²) >= 11 is 0. The van der Waals surface area contributed by atoms with Gasteiger partial charge in [0, 0.05) is 32.7 Å². The summed E-state index contributed by atoms with van der Waals surface area (Å²) in [5.41, 5.74) is 1.77. The highest BCUT2D eigenvalue weighted by molar-refractivity contribution is 7.88. The van der Waals surface area contributed by atoms with Crippen LogP contribution in [0.15, 0.2) is 29.3 Å².